The van der Waals surface area contributed by atoms with Crippen molar-refractivity contribution in [1.29, 1.82) is 0 Å². The molecule has 0 radical (unpaired) electrons. The molecule has 0 atom stereocenters. The molecule has 2 heteroatoms. The van der Waals surface area contributed by atoms with Gasteiger partial charge in [-0.15, -0.1) is 0 Å². The maximum Gasteiger partial charge on any atom is 0.0547 e. The average Bonchev–Trinajstić information content (AvgIpc) is 3.71. The van der Waals surface area contributed by atoms with Gasteiger partial charge in [-0.2, -0.15) is 0 Å². The molecule has 8 aromatic carbocycles. The first kappa shape index (κ1) is 28.4. The highest BCUT2D eigenvalue weighted by atomic mass is 15.0. The highest BCUT2D eigenvalue weighted by molar-refractivity contribution is 6.12. The Kier molecular flexibility index (Phi) is 6.53. The van der Waals surface area contributed by atoms with Crippen molar-refractivity contribution in [2.24, 2.45) is 0 Å². The first-order chi connectivity index (χ1) is 24.8. The second-order valence-corrected chi connectivity index (χ2v) is 13.0. The van der Waals surface area contributed by atoms with E-state index in [0.717, 1.165) is 5.69 Å². The third-order valence-electron chi connectivity index (χ3n) is 10.1. The molecular formula is C48H32N2. The van der Waals surface area contributed by atoms with Crippen LogP contribution in [0.2, 0.25) is 0 Å². The summed E-state index contributed by atoms with van der Waals surface area (Å²) in [6.45, 7) is 0. The molecule has 0 unspecified atom stereocenters. The minimum absolute atomic E-state index is 1.16. The third-order valence-corrected chi connectivity index (χ3v) is 10.1. The minimum Gasteiger partial charge on any atom is -0.309 e. The molecule has 0 amide bonds. The molecule has 0 saturated heterocycles. The van der Waals surface area contributed by atoms with Crippen molar-refractivity contribution >= 4 is 43.6 Å². The van der Waals surface area contributed by atoms with Gasteiger partial charge in [0.1, 0.15) is 0 Å². The van der Waals surface area contributed by atoms with E-state index in [9.17, 15) is 0 Å². The van der Waals surface area contributed by atoms with Crippen LogP contribution in [-0.4, -0.2) is 9.13 Å². The number of hydrogen-bond acceptors (Lipinski definition) is 0. The van der Waals surface area contributed by atoms with Gasteiger partial charge in [-0.05, 0) is 70.3 Å². The van der Waals surface area contributed by atoms with E-state index >= 15 is 0 Å². The Morgan fingerprint density at radius 3 is 1.42 bits per heavy atom. The summed E-state index contributed by atoms with van der Waals surface area (Å²) in [6, 6.07) is 70.4. The van der Waals surface area contributed by atoms with E-state index in [1.165, 1.54) is 82.7 Å². The third kappa shape index (κ3) is 4.50. The zero-order chi connectivity index (χ0) is 33.0. The standard InChI is InChI=1S/C48H32N2/c1-3-14-33(15-4-1)35-18-13-19-38(30-35)49-45-24-11-8-21-40(45)42-28-26-36(31-47(42)49)37-27-29-43-41-22-9-12-25-46(41)50(48(43)32-37)44-23-10-7-20-39(44)34-16-5-2-6-17-34/h1-32H. The predicted octanol–water partition coefficient (Wildman–Crippen LogP) is 12.9. The lowest BCUT2D eigenvalue weighted by atomic mass is 10.0. The zero-order valence-corrected chi connectivity index (χ0v) is 27.4. The van der Waals surface area contributed by atoms with Gasteiger partial charge in [0.2, 0.25) is 0 Å². The summed E-state index contributed by atoms with van der Waals surface area (Å²) < 4.78 is 4.87. The number of fused-ring (bicyclic) bond motifs is 6. The van der Waals surface area contributed by atoms with Crippen molar-refractivity contribution in [3.05, 3.63) is 194 Å². The summed E-state index contributed by atoms with van der Waals surface area (Å²) in [7, 11) is 0. The van der Waals surface area contributed by atoms with Gasteiger partial charge in [0, 0.05) is 32.8 Å². The van der Waals surface area contributed by atoms with Crippen LogP contribution >= 0.6 is 0 Å². The summed E-state index contributed by atoms with van der Waals surface area (Å²) >= 11 is 0. The van der Waals surface area contributed by atoms with Crippen molar-refractivity contribution in [3.8, 4) is 44.8 Å². The van der Waals surface area contributed by atoms with Gasteiger partial charge >= 0.3 is 0 Å². The van der Waals surface area contributed by atoms with Crippen LogP contribution in [0.5, 0.6) is 0 Å². The van der Waals surface area contributed by atoms with Crippen LogP contribution in [0.3, 0.4) is 0 Å². The smallest absolute Gasteiger partial charge is 0.0547 e. The van der Waals surface area contributed by atoms with Crippen LogP contribution in [0.25, 0.3) is 88.4 Å². The van der Waals surface area contributed by atoms with E-state index in [0.29, 0.717) is 0 Å². The molecule has 10 rings (SSSR count). The van der Waals surface area contributed by atoms with E-state index in [1.807, 2.05) is 0 Å². The summed E-state index contributed by atoms with van der Waals surface area (Å²) in [6.07, 6.45) is 0. The second kappa shape index (κ2) is 11.5. The largest absolute Gasteiger partial charge is 0.309 e. The van der Waals surface area contributed by atoms with Crippen molar-refractivity contribution in [2.75, 3.05) is 0 Å². The topological polar surface area (TPSA) is 9.86 Å². The fraction of sp³-hybridized carbons (Fsp3) is 0. The molecular weight excluding hydrogens is 605 g/mol. The maximum atomic E-state index is 2.45. The van der Waals surface area contributed by atoms with Crippen molar-refractivity contribution < 1.29 is 0 Å². The Morgan fingerprint density at radius 1 is 0.260 bits per heavy atom. The first-order valence-corrected chi connectivity index (χ1v) is 17.2. The number of aromatic nitrogens is 2. The summed E-state index contributed by atoms with van der Waals surface area (Å²) in [5, 5.41) is 5.01. The van der Waals surface area contributed by atoms with Gasteiger partial charge in [-0.3, -0.25) is 0 Å². The number of nitrogens with zero attached hydrogens (tertiary/aromatic N) is 2. The molecule has 0 aliphatic rings. The van der Waals surface area contributed by atoms with Crippen LogP contribution in [0.1, 0.15) is 0 Å². The van der Waals surface area contributed by atoms with E-state index in [2.05, 4.69) is 203 Å². The van der Waals surface area contributed by atoms with E-state index in [1.54, 1.807) is 0 Å². The normalized spacial score (nSPS) is 11.6. The molecule has 0 saturated carbocycles. The molecule has 0 aliphatic heterocycles. The van der Waals surface area contributed by atoms with Gasteiger partial charge in [0.15, 0.2) is 0 Å². The fourth-order valence-electron chi connectivity index (χ4n) is 7.82. The zero-order valence-electron chi connectivity index (χ0n) is 27.4. The molecule has 0 aliphatic carbocycles. The van der Waals surface area contributed by atoms with Gasteiger partial charge < -0.3 is 9.13 Å². The van der Waals surface area contributed by atoms with Gasteiger partial charge in [0.05, 0.1) is 27.8 Å². The van der Waals surface area contributed by atoms with E-state index in [4.69, 9.17) is 0 Å². The Morgan fingerprint density at radius 2 is 0.740 bits per heavy atom. The molecule has 0 N–H and O–H groups in total. The van der Waals surface area contributed by atoms with Crippen LogP contribution in [0.15, 0.2) is 194 Å². The van der Waals surface area contributed by atoms with Gasteiger partial charge in [-0.25, -0.2) is 0 Å². The van der Waals surface area contributed by atoms with Crippen molar-refractivity contribution in [2.45, 2.75) is 0 Å². The molecule has 0 fully saturated rings. The monoisotopic (exact) mass is 636 g/mol. The number of hydrogen-bond donors (Lipinski definition) is 0. The molecule has 50 heavy (non-hydrogen) atoms. The molecule has 0 bridgehead atoms. The Bertz CT molecular complexity index is 2860. The quantitative estimate of drug-likeness (QED) is 0.178. The number of rotatable bonds is 5. The molecule has 234 valence electrons. The van der Waals surface area contributed by atoms with Crippen molar-refractivity contribution in [3.63, 3.8) is 0 Å². The van der Waals surface area contributed by atoms with Gasteiger partial charge in [0.25, 0.3) is 0 Å². The van der Waals surface area contributed by atoms with Crippen LogP contribution in [0.4, 0.5) is 0 Å². The first-order valence-electron chi connectivity index (χ1n) is 17.2. The Labute approximate surface area is 290 Å². The van der Waals surface area contributed by atoms with Crippen LogP contribution < -0.4 is 0 Å². The second-order valence-electron chi connectivity index (χ2n) is 13.0. The highest BCUT2D eigenvalue weighted by Gasteiger charge is 2.18. The van der Waals surface area contributed by atoms with Crippen molar-refractivity contribution in [1.82, 2.24) is 9.13 Å². The summed E-state index contributed by atoms with van der Waals surface area (Å²) in [4.78, 5) is 0. The maximum absolute atomic E-state index is 2.45. The van der Waals surface area contributed by atoms with Crippen LogP contribution in [0, 0.1) is 0 Å². The molecule has 0 spiro atoms. The highest BCUT2D eigenvalue weighted by Crippen LogP contribution is 2.40. The van der Waals surface area contributed by atoms with Crippen LogP contribution in [-0.2, 0) is 0 Å². The lowest BCUT2D eigenvalue weighted by molar-refractivity contribution is 1.18. The van der Waals surface area contributed by atoms with E-state index < -0.39 is 0 Å². The molecule has 2 aromatic heterocycles. The minimum atomic E-state index is 1.16. The predicted molar refractivity (Wildman–Crippen MR) is 211 cm³/mol. The summed E-state index contributed by atoms with van der Waals surface area (Å²) in [5.74, 6) is 0. The van der Waals surface area contributed by atoms with Gasteiger partial charge in [-0.1, -0.05) is 152 Å². The Hall–Kier alpha value is -6.64. The van der Waals surface area contributed by atoms with E-state index in [-0.39, 0.29) is 0 Å². The Balaban J connectivity index is 1.19. The number of para-hydroxylation sites is 3. The SMILES string of the molecule is c1ccc(-c2cccc(-n3c4ccccc4c4ccc(-c5ccc6c7ccccc7n(-c7ccccc7-c7ccccc7)c6c5)cc43)c2)cc1. The molecule has 2 nitrogen and oxygen atoms in total. The fourth-order valence-corrected chi connectivity index (χ4v) is 7.82. The lowest BCUT2D eigenvalue weighted by Crippen LogP contribution is -1.97. The lowest BCUT2D eigenvalue weighted by Gasteiger charge is -2.14. The summed E-state index contributed by atoms with van der Waals surface area (Å²) in [5.41, 5.74) is 14.4. The average molecular weight is 637 g/mol. The molecule has 2 heterocycles. The molecule has 10 aromatic rings. The number of benzene rings is 8.